The van der Waals surface area contributed by atoms with Crippen LogP contribution in [0.5, 0.6) is 11.5 Å². The third kappa shape index (κ3) is 5.16. The molecule has 8 nitrogen and oxygen atoms in total. The summed E-state index contributed by atoms with van der Waals surface area (Å²) in [6, 6.07) is 14.1. The molecule has 0 bridgehead atoms. The lowest BCUT2D eigenvalue weighted by atomic mass is 9.94. The summed E-state index contributed by atoms with van der Waals surface area (Å²) in [6.45, 7) is 1.01. The molecular weight excluding hydrogens is 398 g/mol. The average Bonchev–Trinajstić information content (AvgIpc) is 2.78. The van der Waals surface area contributed by atoms with Gasteiger partial charge in [-0.25, -0.2) is 9.59 Å². The van der Waals surface area contributed by atoms with Crippen molar-refractivity contribution < 1.29 is 23.8 Å². The highest BCUT2D eigenvalue weighted by Crippen LogP contribution is 2.34. The van der Waals surface area contributed by atoms with Gasteiger partial charge >= 0.3 is 12.0 Å². The molecule has 31 heavy (non-hydrogen) atoms. The number of methoxy groups -OCH3 is 3. The standard InChI is InChI=1S/C23H27N3O5/c1-26(13-15-8-6-5-7-9-15)14-17-20(22(27)31-4)21(25-23(28)24-17)16-10-11-18(29-2)19(12-16)30-3/h5-12,21H,13-14H2,1-4H3,(H2,24,25,28)/t21-/m0/s1. The molecule has 0 unspecified atom stereocenters. The molecule has 2 aromatic carbocycles. The van der Waals surface area contributed by atoms with Crippen molar-refractivity contribution in [3.8, 4) is 11.5 Å². The molecule has 164 valence electrons. The topological polar surface area (TPSA) is 89.1 Å². The molecule has 1 aliphatic rings. The van der Waals surface area contributed by atoms with Gasteiger partial charge in [-0.15, -0.1) is 0 Å². The van der Waals surface area contributed by atoms with E-state index in [2.05, 4.69) is 10.6 Å². The van der Waals surface area contributed by atoms with E-state index in [1.165, 1.54) is 14.2 Å². The summed E-state index contributed by atoms with van der Waals surface area (Å²) in [6.07, 6.45) is 0. The summed E-state index contributed by atoms with van der Waals surface area (Å²) in [5.41, 5.74) is 2.64. The molecule has 0 saturated carbocycles. The van der Waals surface area contributed by atoms with E-state index in [1.54, 1.807) is 25.3 Å². The number of ether oxygens (including phenoxy) is 3. The van der Waals surface area contributed by atoms with Crippen LogP contribution in [0.25, 0.3) is 0 Å². The number of hydrogen-bond donors (Lipinski definition) is 2. The van der Waals surface area contributed by atoms with Gasteiger partial charge in [0.15, 0.2) is 11.5 Å². The number of benzene rings is 2. The van der Waals surface area contributed by atoms with E-state index in [0.29, 0.717) is 41.4 Å². The van der Waals surface area contributed by atoms with Gasteiger partial charge in [0.1, 0.15) is 0 Å². The van der Waals surface area contributed by atoms with E-state index >= 15 is 0 Å². The van der Waals surface area contributed by atoms with E-state index in [0.717, 1.165) is 5.56 Å². The van der Waals surface area contributed by atoms with Gasteiger partial charge in [0, 0.05) is 18.8 Å². The van der Waals surface area contributed by atoms with Crippen LogP contribution in [0, 0.1) is 0 Å². The minimum Gasteiger partial charge on any atom is -0.493 e. The molecule has 2 aromatic rings. The largest absolute Gasteiger partial charge is 0.493 e. The van der Waals surface area contributed by atoms with Gasteiger partial charge in [-0.3, -0.25) is 4.90 Å². The van der Waals surface area contributed by atoms with E-state index in [9.17, 15) is 9.59 Å². The van der Waals surface area contributed by atoms with Crippen LogP contribution >= 0.6 is 0 Å². The minimum atomic E-state index is -0.693. The molecule has 8 heteroatoms. The van der Waals surface area contributed by atoms with Crippen molar-refractivity contribution >= 4 is 12.0 Å². The number of nitrogens with zero attached hydrogens (tertiary/aromatic N) is 1. The molecule has 0 aliphatic carbocycles. The van der Waals surface area contributed by atoms with Gasteiger partial charge in [0.05, 0.1) is 32.9 Å². The summed E-state index contributed by atoms with van der Waals surface area (Å²) in [5.74, 6) is 0.535. The maximum Gasteiger partial charge on any atom is 0.338 e. The second kappa shape index (κ2) is 9.99. The highest BCUT2D eigenvalue weighted by atomic mass is 16.5. The van der Waals surface area contributed by atoms with Crippen LogP contribution in [0.15, 0.2) is 59.8 Å². The van der Waals surface area contributed by atoms with Gasteiger partial charge < -0.3 is 24.8 Å². The molecule has 0 fully saturated rings. The molecule has 1 atom stereocenters. The molecule has 0 aromatic heterocycles. The summed E-state index contributed by atoms with van der Waals surface area (Å²) in [7, 11) is 6.32. The Labute approximate surface area is 181 Å². The van der Waals surface area contributed by atoms with Gasteiger partial charge in [0.25, 0.3) is 0 Å². The lowest BCUT2D eigenvalue weighted by Crippen LogP contribution is -2.48. The van der Waals surface area contributed by atoms with Crippen LogP contribution in [0.2, 0.25) is 0 Å². The third-order valence-electron chi connectivity index (χ3n) is 5.02. The summed E-state index contributed by atoms with van der Waals surface area (Å²) in [5, 5.41) is 5.60. The normalized spacial score (nSPS) is 15.9. The van der Waals surface area contributed by atoms with Crippen molar-refractivity contribution in [3.05, 3.63) is 70.9 Å². The second-order valence-corrected chi connectivity index (χ2v) is 7.19. The molecule has 1 heterocycles. The predicted molar refractivity (Wildman–Crippen MR) is 116 cm³/mol. The molecule has 0 saturated heterocycles. The van der Waals surface area contributed by atoms with Gasteiger partial charge in [-0.1, -0.05) is 36.4 Å². The van der Waals surface area contributed by atoms with Crippen molar-refractivity contribution in [1.82, 2.24) is 15.5 Å². The van der Waals surface area contributed by atoms with Gasteiger partial charge in [-0.05, 0) is 30.3 Å². The fourth-order valence-corrected chi connectivity index (χ4v) is 3.60. The summed E-state index contributed by atoms with van der Waals surface area (Å²) in [4.78, 5) is 27.2. The minimum absolute atomic E-state index is 0.342. The molecular formula is C23H27N3O5. The zero-order chi connectivity index (χ0) is 22.4. The first-order valence-electron chi connectivity index (χ1n) is 9.80. The highest BCUT2D eigenvalue weighted by molar-refractivity contribution is 5.95. The first-order valence-corrected chi connectivity index (χ1v) is 9.80. The fourth-order valence-electron chi connectivity index (χ4n) is 3.60. The van der Waals surface area contributed by atoms with E-state index in [4.69, 9.17) is 14.2 Å². The van der Waals surface area contributed by atoms with Crippen LogP contribution in [-0.2, 0) is 16.1 Å². The van der Waals surface area contributed by atoms with Crippen LogP contribution in [0.1, 0.15) is 17.2 Å². The lowest BCUT2D eigenvalue weighted by molar-refractivity contribution is -0.136. The van der Waals surface area contributed by atoms with Crippen molar-refractivity contribution in [1.29, 1.82) is 0 Å². The summed E-state index contributed by atoms with van der Waals surface area (Å²) >= 11 is 0. The maximum atomic E-state index is 12.7. The van der Waals surface area contributed by atoms with Crippen LogP contribution in [0.4, 0.5) is 4.79 Å². The Kier molecular flexibility index (Phi) is 7.15. The molecule has 2 amide bonds. The number of nitrogens with one attached hydrogen (secondary N) is 2. The van der Waals surface area contributed by atoms with Crippen molar-refractivity contribution in [2.75, 3.05) is 34.9 Å². The zero-order valence-corrected chi connectivity index (χ0v) is 18.1. The summed E-state index contributed by atoms with van der Waals surface area (Å²) < 4.78 is 15.7. The SMILES string of the molecule is COC(=O)C1=C(CN(C)Cc2ccccc2)NC(=O)N[C@H]1c1ccc(OC)c(OC)c1. The number of carbonyl (C=O) groups excluding carboxylic acids is 2. The second-order valence-electron chi connectivity index (χ2n) is 7.19. The Bertz CT molecular complexity index is 974. The average molecular weight is 425 g/mol. The van der Waals surface area contributed by atoms with Crippen molar-refractivity contribution in [2.45, 2.75) is 12.6 Å². The quantitative estimate of drug-likeness (QED) is 0.632. The Morgan fingerprint density at radius 3 is 2.35 bits per heavy atom. The smallest absolute Gasteiger partial charge is 0.338 e. The molecule has 1 aliphatic heterocycles. The number of likely N-dealkylation sites (N-methyl/N-ethyl adjacent to an activating group) is 1. The van der Waals surface area contributed by atoms with E-state index in [1.807, 2.05) is 42.3 Å². The Morgan fingerprint density at radius 1 is 1.00 bits per heavy atom. The molecule has 0 spiro atoms. The number of esters is 1. The van der Waals surface area contributed by atoms with E-state index in [-0.39, 0.29) is 0 Å². The zero-order valence-electron chi connectivity index (χ0n) is 18.1. The monoisotopic (exact) mass is 425 g/mol. The fraction of sp³-hybridized carbons (Fsp3) is 0.304. The van der Waals surface area contributed by atoms with E-state index < -0.39 is 18.0 Å². The van der Waals surface area contributed by atoms with Crippen LogP contribution in [0.3, 0.4) is 0 Å². The molecule has 2 N–H and O–H groups in total. The number of hydrogen-bond acceptors (Lipinski definition) is 6. The predicted octanol–water partition coefficient (Wildman–Crippen LogP) is 2.62. The van der Waals surface area contributed by atoms with Crippen LogP contribution in [-0.4, -0.2) is 51.8 Å². The van der Waals surface area contributed by atoms with Crippen molar-refractivity contribution in [2.24, 2.45) is 0 Å². The number of carbonyl (C=O) groups is 2. The van der Waals surface area contributed by atoms with Crippen molar-refractivity contribution in [3.63, 3.8) is 0 Å². The first-order chi connectivity index (χ1) is 15.0. The molecule has 3 rings (SSSR count). The third-order valence-corrected chi connectivity index (χ3v) is 5.02. The number of urea groups is 1. The highest BCUT2D eigenvalue weighted by Gasteiger charge is 2.34. The van der Waals surface area contributed by atoms with Gasteiger partial charge in [0.2, 0.25) is 0 Å². The van der Waals surface area contributed by atoms with Gasteiger partial charge in [-0.2, -0.15) is 0 Å². The Hall–Kier alpha value is -3.52. The Balaban J connectivity index is 1.96. The first kappa shape index (κ1) is 22.2. The lowest BCUT2D eigenvalue weighted by Gasteiger charge is -2.31. The molecule has 0 radical (unpaired) electrons. The van der Waals surface area contributed by atoms with Crippen LogP contribution < -0.4 is 20.1 Å². The number of rotatable bonds is 8. The Morgan fingerprint density at radius 2 is 1.71 bits per heavy atom. The number of amides is 2. The maximum absolute atomic E-state index is 12.7.